The molecule has 124 valence electrons. The largest absolute Gasteiger partial charge is 0.361 e. The number of rotatable bonds is 5. The lowest BCUT2D eigenvalue weighted by Crippen LogP contribution is -2.11. The summed E-state index contributed by atoms with van der Waals surface area (Å²) in [6.07, 6.45) is 7.80. The SMILES string of the molecule is O=C(CCCc1c[nH]c2ccccc12)Nc1cccc2cnccc12. The number of benzene rings is 2. The second-order valence-corrected chi connectivity index (χ2v) is 6.16. The summed E-state index contributed by atoms with van der Waals surface area (Å²) in [5, 5.41) is 6.31. The van der Waals surface area contributed by atoms with Crippen molar-refractivity contribution in [3.63, 3.8) is 0 Å². The van der Waals surface area contributed by atoms with Crippen molar-refractivity contribution in [2.45, 2.75) is 19.3 Å². The van der Waals surface area contributed by atoms with Crippen LogP contribution in [0.4, 0.5) is 5.69 Å². The van der Waals surface area contributed by atoms with Gasteiger partial charge in [0.05, 0.1) is 0 Å². The zero-order valence-corrected chi connectivity index (χ0v) is 13.8. The third-order valence-corrected chi connectivity index (χ3v) is 4.48. The van der Waals surface area contributed by atoms with E-state index in [1.165, 1.54) is 10.9 Å². The molecule has 0 aliphatic carbocycles. The van der Waals surface area contributed by atoms with Crippen molar-refractivity contribution in [2.24, 2.45) is 0 Å². The molecular formula is C21H19N3O. The lowest BCUT2D eigenvalue weighted by atomic mass is 10.1. The first-order valence-corrected chi connectivity index (χ1v) is 8.49. The van der Waals surface area contributed by atoms with E-state index in [2.05, 4.69) is 27.4 Å². The van der Waals surface area contributed by atoms with Gasteiger partial charge in [0, 0.05) is 52.4 Å². The predicted molar refractivity (Wildman–Crippen MR) is 102 cm³/mol. The average molecular weight is 329 g/mol. The molecule has 4 nitrogen and oxygen atoms in total. The Morgan fingerprint density at radius 1 is 1.04 bits per heavy atom. The molecule has 0 radical (unpaired) electrons. The van der Waals surface area contributed by atoms with Crippen molar-refractivity contribution in [3.8, 4) is 0 Å². The summed E-state index contributed by atoms with van der Waals surface area (Å²) in [5.41, 5.74) is 3.25. The van der Waals surface area contributed by atoms with Gasteiger partial charge in [-0.2, -0.15) is 0 Å². The molecule has 4 aromatic rings. The van der Waals surface area contributed by atoms with E-state index < -0.39 is 0 Å². The van der Waals surface area contributed by atoms with Crippen LogP contribution in [0.15, 0.2) is 67.1 Å². The molecule has 0 saturated carbocycles. The van der Waals surface area contributed by atoms with Gasteiger partial charge in [0.2, 0.25) is 5.91 Å². The Kier molecular flexibility index (Phi) is 4.17. The average Bonchev–Trinajstić information content (AvgIpc) is 3.05. The van der Waals surface area contributed by atoms with Gasteiger partial charge in [0.25, 0.3) is 0 Å². The maximum Gasteiger partial charge on any atom is 0.224 e. The number of H-pyrrole nitrogens is 1. The van der Waals surface area contributed by atoms with Gasteiger partial charge in [-0.1, -0.05) is 30.3 Å². The van der Waals surface area contributed by atoms with Gasteiger partial charge in [0.1, 0.15) is 0 Å². The van der Waals surface area contributed by atoms with Gasteiger partial charge in [-0.3, -0.25) is 9.78 Å². The minimum Gasteiger partial charge on any atom is -0.361 e. The number of aryl methyl sites for hydroxylation is 1. The zero-order valence-electron chi connectivity index (χ0n) is 13.8. The normalized spacial score (nSPS) is 11.0. The minimum absolute atomic E-state index is 0.0455. The van der Waals surface area contributed by atoms with E-state index in [0.717, 1.165) is 34.8 Å². The number of pyridine rings is 1. The number of para-hydroxylation sites is 1. The fourth-order valence-corrected chi connectivity index (χ4v) is 3.22. The molecule has 2 aromatic heterocycles. The maximum atomic E-state index is 12.3. The van der Waals surface area contributed by atoms with E-state index in [4.69, 9.17) is 0 Å². The molecule has 0 unspecified atom stereocenters. The number of nitrogens with zero attached hydrogens (tertiary/aromatic N) is 1. The number of hydrogen-bond donors (Lipinski definition) is 2. The molecule has 25 heavy (non-hydrogen) atoms. The molecule has 2 N–H and O–H groups in total. The molecule has 0 atom stereocenters. The molecule has 0 bridgehead atoms. The van der Waals surface area contributed by atoms with E-state index in [-0.39, 0.29) is 5.91 Å². The quantitative estimate of drug-likeness (QED) is 0.558. The summed E-state index contributed by atoms with van der Waals surface area (Å²) in [4.78, 5) is 19.7. The molecular weight excluding hydrogens is 310 g/mol. The fraction of sp³-hybridized carbons (Fsp3) is 0.143. The molecule has 0 aliphatic heterocycles. The second kappa shape index (κ2) is 6.77. The number of anilines is 1. The number of hydrogen-bond acceptors (Lipinski definition) is 2. The number of carbonyl (C=O) groups excluding carboxylic acids is 1. The second-order valence-electron chi connectivity index (χ2n) is 6.16. The van der Waals surface area contributed by atoms with Crippen molar-refractivity contribution in [3.05, 3.63) is 72.7 Å². The van der Waals surface area contributed by atoms with Crippen LogP contribution in [0.25, 0.3) is 21.7 Å². The van der Waals surface area contributed by atoms with Crippen molar-refractivity contribution in [1.82, 2.24) is 9.97 Å². The Balaban J connectivity index is 1.39. The van der Waals surface area contributed by atoms with Gasteiger partial charge in [-0.05, 0) is 36.6 Å². The van der Waals surface area contributed by atoms with Gasteiger partial charge in [0.15, 0.2) is 0 Å². The Labute approximate surface area is 145 Å². The summed E-state index contributed by atoms with van der Waals surface area (Å²) in [6, 6.07) is 16.0. The molecule has 1 amide bonds. The summed E-state index contributed by atoms with van der Waals surface area (Å²) in [6.45, 7) is 0. The number of aromatic nitrogens is 2. The van der Waals surface area contributed by atoms with Crippen LogP contribution in [0.1, 0.15) is 18.4 Å². The Morgan fingerprint density at radius 2 is 1.96 bits per heavy atom. The molecule has 0 spiro atoms. The Bertz CT molecular complexity index is 1030. The molecule has 2 heterocycles. The monoisotopic (exact) mass is 329 g/mol. The zero-order chi connectivity index (χ0) is 17.1. The highest BCUT2D eigenvalue weighted by Crippen LogP contribution is 2.23. The predicted octanol–water partition coefficient (Wildman–Crippen LogP) is 4.68. The van der Waals surface area contributed by atoms with Crippen LogP contribution in [0.3, 0.4) is 0 Å². The third kappa shape index (κ3) is 3.24. The van der Waals surface area contributed by atoms with E-state index >= 15 is 0 Å². The summed E-state index contributed by atoms with van der Waals surface area (Å²) in [7, 11) is 0. The summed E-state index contributed by atoms with van der Waals surface area (Å²) in [5.74, 6) is 0.0455. The third-order valence-electron chi connectivity index (χ3n) is 4.48. The highest BCUT2D eigenvalue weighted by molar-refractivity contribution is 6.01. The van der Waals surface area contributed by atoms with Gasteiger partial charge >= 0.3 is 0 Å². The molecule has 0 fully saturated rings. The fourth-order valence-electron chi connectivity index (χ4n) is 3.22. The van der Waals surface area contributed by atoms with E-state index in [1.807, 2.05) is 48.8 Å². The van der Waals surface area contributed by atoms with Crippen molar-refractivity contribution in [1.29, 1.82) is 0 Å². The molecule has 0 saturated heterocycles. The Hall–Kier alpha value is -3.14. The summed E-state index contributed by atoms with van der Waals surface area (Å²) >= 11 is 0. The molecule has 0 aliphatic rings. The van der Waals surface area contributed by atoms with Gasteiger partial charge in [-0.25, -0.2) is 0 Å². The topological polar surface area (TPSA) is 57.8 Å². The number of aromatic amines is 1. The van der Waals surface area contributed by atoms with Crippen LogP contribution in [0.2, 0.25) is 0 Å². The smallest absolute Gasteiger partial charge is 0.224 e. The molecule has 2 aromatic carbocycles. The lowest BCUT2D eigenvalue weighted by Gasteiger charge is -2.08. The maximum absolute atomic E-state index is 12.3. The first kappa shape index (κ1) is 15.4. The van der Waals surface area contributed by atoms with E-state index in [9.17, 15) is 4.79 Å². The van der Waals surface area contributed by atoms with Crippen LogP contribution in [0.5, 0.6) is 0 Å². The number of carbonyl (C=O) groups is 1. The van der Waals surface area contributed by atoms with Crippen molar-refractivity contribution in [2.75, 3.05) is 5.32 Å². The highest BCUT2D eigenvalue weighted by Gasteiger charge is 2.07. The standard InChI is InChI=1S/C21H19N3O/c25-21(24-20-9-3-5-15-13-22-12-11-18(15)20)10-4-6-16-14-23-19-8-2-1-7-17(16)19/h1-3,5,7-9,11-14,23H,4,6,10H2,(H,24,25). The van der Waals surface area contributed by atoms with Crippen LogP contribution < -0.4 is 5.32 Å². The lowest BCUT2D eigenvalue weighted by molar-refractivity contribution is -0.116. The van der Waals surface area contributed by atoms with Crippen LogP contribution in [-0.2, 0) is 11.2 Å². The Morgan fingerprint density at radius 3 is 2.92 bits per heavy atom. The number of amides is 1. The first-order chi connectivity index (χ1) is 12.3. The van der Waals surface area contributed by atoms with Gasteiger partial charge in [-0.15, -0.1) is 0 Å². The van der Waals surface area contributed by atoms with Crippen molar-refractivity contribution >= 4 is 33.3 Å². The highest BCUT2D eigenvalue weighted by atomic mass is 16.1. The van der Waals surface area contributed by atoms with Crippen LogP contribution in [-0.4, -0.2) is 15.9 Å². The first-order valence-electron chi connectivity index (χ1n) is 8.49. The van der Waals surface area contributed by atoms with Crippen LogP contribution in [0, 0.1) is 0 Å². The summed E-state index contributed by atoms with van der Waals surface area (Å²) < 4.78 is 0. The van der Waals surface area contributed by atoms with Crippen molar-refractivity contribution < 1.29 is 4.79 Å². The van der Waals surface area contributed by atoms with E-state index in [1.54, 1.807) is 6.20 Å². The van der Waals surface area contributed by atoms with Gasteiger partial charge < -0.3 is 10.3 Å². The van der Waals surface area contributed by atoms with E-state index in [0.29, 0.717) is 6.42 Å². The minimum atomic E-state index is 0.0455. The number of nitrogens with one attached hydrogen (secondary N) is 2. The number of fused-ring (bicyclic) bond motifs is 2. The molecule has 4 rings (SSSR count). The molecule has 4 heteroatoms. The van der Waals surface area contributed by atoms with Crippen LogP contribution >= 0.6 is 0 Å².